The molecule has 3 atom stereocenters. The van der Waals surface area contributed by atoms with Crippen molar-refractivity contribution in [2.24, 2.45) is 4.99 Å². The van der Waals surface area contributed by atoms with Gasteiger partial charge in [0.25, 0.3) is 11.8 Å². The molecule has 2 saturated heterocycles. The van der Waals surface area contributed by atoms with E-state index in [4.69, 9.17) is 18.9 Å². The Morgan fingerprint density at radius 1 is 0.833 bits per heavy atom. The van der Waals surface area contributed by atoms with Crippen molar-refractivity contribution in [2.45, 2.75) is 57.2 Å². The minimum atomic E-state index is -1.42. The molecular weight excluding hydrogens is 620 g/mol. The lowest BCUT2D eigenvalue weighted by atomic mass is 10.1. The molecule has 4 aliphatic heterocycles. The summed E-state index contributed by atoms with van der Waals surface area (Å²) in [4.78, 5) is 47.7. The Kier molecular flexibility index (Phi) is 8.29. The fraction of sp³-hybridized carbons (Fsp3) is 0.371. The van der Waals surface area contributed by atoms with Gasteiger partial charge in [-0.05, 0) is 55.0 Å². The van der Waals surface area contributed by atoms with E-state index in [0.717, 1.165) is 28.9 Å². The highest BCUT2D eigenvalue weighted by atomic mass is 16.5. The van der Waals surface area contributed by atoms with Gasteiger partial charge >= 0.3 is 6.09 Å². The number of rotatable bonds is 8. The predicted octanol–water partition coefficient (Wildman–Crippen LogP) is 4.60. The molecule has 13 nitrogen and oxygen atoms in total. The Morgan fingerprint density at radius 2 is 1.46 bits per heavy atom. The lowest BCUT2D eigenvalue weighted by molar-refractivity contribution is 0.0511. The minimum absolute atomic E-state index is 0.00103. The number of carbonyl (C=O) groups excluding carboxylic acids is 2. The molecule has 4 aliphatic rings. The smallest absolute Gasteiger partial charge is 0.414 e. The first-order valence-electron chi connectivity index (χ1n) is 15.9. The topological polar surface area (TPSA) is 151 Å². The first-order valence-corrected chi connectivity index (χ1v) is 15.9. The first kappa shape index (κ1) is 31.3. The van der Waals surface area contributed by atoms with Crippen molar-refractivity contribution >= 4 is 35.5 Å². The van der Waals surface area contributed by atoms with Gasteiger partial charge in [0, 0.05) is 31.4 Å². The molecule has 0 aliphatic carbocycles. The Hall–Kier alpha value is -5.30. The number of carbonyl (C=O) groups is 3. The summed E-state index contributed by atoms with van der Waals surface area (Å²) < 4.78 is 23.4. The highest BCUT2D eigenvalue weighted by Gasteiger charge is 2.45. The van der Waals surface area contributed by atoms with Gasteiger partial charge in [0.2, 0.25) is 0 Å². The number of aliphatic hydroxyl groups excluding tert-OH is 1. The molecule has 3 aromatic carbocycles. The van der Waals surface area contributed by atoms with E-state index < -0.39 is 18.4 Å². The third-order valence-corrected chi connectivity index (χ3v) is 9.39. The van der Waals surface area contributed by atoms with Crippen molar-refractivity contribution in [3.63, 3.8) is 0 Å². The van der Waals surface area contributed by atoms with Gasteiger partial charge in [0.15, 0.2) is 29.2 Å². The Balaban J connectivity index is 1.09. The second-order valence-electron chi connectivity index (χ2n) is 12.2. The average molecular weight is 657 g/mol. The molecule has 3 aromatic rings. The normalized spacial score (nSPS) is 21.1. The SMILES string of the molecule is COc1cc2c(cc1OCc1cccc(COc3cc4c(cc3OC)C(=O)N3CCC[C@H]3[C@H](O)N4C(=O)O)c1)N=C[C@@H]1CCCN1C2=O. The molecule has 7 rings (SSSR count). The first-order chi connectivity index (χ1) is 23.3. The van der Waals surface area contributed by atoms with Crippen LogP contribution in [0.1, 0.15) is 57.5 Å². The largest absolute Gasteiger partial charge is 0.493 e. The molecule has 0 saturated carbocycles. The number of benzene rings is 3. The van der Waals surface area contributed by atoms with Gasteiger partial charge in [-0.15, -0.1) is 0 Å². The summed E-state index contributed by atoms with van der Waals surface area (Å²) in [6.07, 6.45) is 2.05. The van der Waals surface area contributed by atoms with Gasteiger partial charge in [-0.3, -0.25) is 14.6 Å². The monoisotopic (exact) mass is 656 g/mol. The van der Waals surface area contributed by atoms with Crippen LogP contribution in [0.25, 0.3) is 0 Å². The lowest BCUT2D eigenvalue weighted by Crippen LogP contribution is -2.50. The predicted molar refractivity (Wildman–Crippen MR) is 174 cm³/mol. The maximum atomic E-state index is 13.4. The fourth-order valence-electron chi connectivity index (χ4n) is 6.98. The van der Waals surface area contributed by atoms with Gasteiger partial charge < -0.3 is 39.0 Å². The van der Waals surface area contributed by atoms with Crippen molar-refractivity contribution in [2.75, 3.05) is 32.2 Å². The molecule has 48 heavy (non-hydrogen) atoms. The number of hydrogen-bond donors (Lipinski definition) is 2. The van der Waals surface area contributed by atoms with Gasteiger partial charge in [-0.1, -0.05) is 18.2 Å². The molecule has 0 spiro atoms. The number of aliphatic imine (C=N–C) groups is 1. The van der Waals surface area contributed by atoms with Crippen molar-refractivity contribution in [3.05, 3.63) is 70.8 Å². The van der Waals surface area contributed by atoms with Gasteiger partial charge in [-0.2, -0.15) is 0 Å². The fourth-order valence-corrected chi connectivity index (χ4v) is 6.98. The summed E-state index contributed by atoms with van der Waals surface area (Å²) in [5.41, 5.74) is 2.82. The van der Waals surface area contributed by atoms with E-state index in [9.17, 15) is 24.6 Å². The summed E-state index contributed by atoms with van der Waals surface area (Å²) in [7, 11) is 2.97. The van der Waals surface area contributed by atoms with Crippen LogP contribution in [0.4, 0.5) is 16.2 Å². The molecule has 4 heterocycles. The van der Waals surface area contributed by atoms with Crippen molar-refractivity contribution in [1.29, 1.82) is 0 Å². The van der Waals surface area contributed by atoms with Crippen LogP contribution >= 0.6 is 0 Å². The Morgan fingerprint density at radius 3 is 2.15 bits per heavy atom. The number of ether oxygens (including phenoxy) is 4. The lowest BCUT2D eigenvalue weighted by Gasteiger charge is -2.30. The Labute approximate surface area is 276 Å². The second-order valence-corrected chi connectivity index (χ2v) is 12.2. The van der Waals surface area contributed by atoms with Crippen LogP contribution in [-0.4, -0.2) is 89.8 Å². The molecule has 250 valence electrons. The number of anilines is 1. The quantitative estimate of drug-likeness (QED) is 0.355. The van der Waals surface area contributed by atoms with Gasteiger partial charge in [-0.25, -0.2) is 9.69 Å². The molecular formula is C35H36N4O9. The summed E-state index contributed by atoms with van der Waals surface area (Å²) in [5, 5.41) is 21.1. The number of fused-ring (bicyclic) bond motifs is 4. The number of hydrogen-bond acceptors (Lipinski definition) is 9. The van der Waals surface area contributed by atoms with Gasteiger partial charge in [0.1, 0.15) is 13.2 Å². The van der Waals surface area contributed by atoms with Crippen LogP contribution in [0.3, 0.4) is 0 Å². The van der Waals surface area contributed by atoms with E-state index in [1.54, 1.807) is 12.1 Å². The maximum Gasteiger partial charge on any atom is 0.414 e. The number of amides is 3. The molecule has 0 unspecified atom stereocenters. The third kappa shape index (κ3) is 5.53. The molecule has 13 heteroatoms. The van der Waals surface area contributed by atoms with Gasteiger partial charge in [0.05, 0.1) is 48.8 Å². The minimum Gasteiger partial charge on any atom is -0.493 e. The zero-order chi connectivity index (χ0) is 33.5. The number of nitrogens with zero attached hydrogens (tertiary/aromatic N) is 4. The van der Waals surface area contributed by atoms with E-state index >= 15 is 0 Å². The maximum absolute atomic E-state index is 13.4. The molecule has 3 amide bonds. The molecule has 2 fully saturated rings. The molecule has 0 aromatic heterocycles. The van der Waals surface area contributed by atoms with Crippen LogP contribution in [0, 0.1) is 0 Å². The highest BCUT2D eigenvalue weighted by molar-refractivity contribution is 6.06. The molecule has 0 bridgehead atoms. The summed E-state index contributed by atoms with van der Waals surface area (Å²) in [6, 6.07) is 13.2. The van der Waals surface area contributed by atoms with E-state index in [2.05, 4.69) is 4.99 Å². The summed E-state index contributed by atoms with van der Waals surface area (Å²) >= 11 is 0. The second kappa shape index (κ2) is 12.7. The standard InChI is InChI=1S/C35H36N4O9/c1-45-28-13-23-25(36-17-22-8-4-10-37(22)32(23)40)15-30(28)47-18-20-6-3-7-21(12-20)19-48-31-16-27-24(14-29(31)46-2)33(41)38-11-5-9-26(38)34(42)39(27)35(43)44/h3,6-7,12-17,22,26,34,42H,4-5,8-11,18-19H2,1-2H3,(H,43,44)/t22-,26-,34-/m0/s1. The number of aliphatic hydroxyl groups is 1. The Bertz CT molecular complexity index is 1810. The van der Waals surface area contributed by atoms with Crippen LogP contribution < -0.4 is 23.8 Å². The molecule has 0 radical (unpaired) electrons. The van der Waals surface area contributed by atoms with E-state index in [1.807, 2.05) is 35.4 Å². The number of carboxylic acid groups (broad SMARTS) is 1. The van der Waals surface area contributed by atoms with Crippen LogP contribution in [-0.2, 0) is 13.2 Å². The van der Waals surface area contributed by atoms with E-state index in [-0.39, 0.29) is 53.8 Å². The van der Waals surface area contributed by atoms with Crippen molar-refractivity contribution < 1.29 is 43.5 Å². The zero-order valence-corrected chi connectivity index (χ0v) is 26.6. The summed E-state index contributed by atoms with van der Waals surface area (Å²) in [6.45, 7) is 1.43. The van der Waals surface area contributed by atoms with Crippen LogP contribution in [0.15, 0.2) is 53.5 Å². The van der Waals surface area contributed by atoms with E-state index in [1.165, 1.54) is 31.3 Å². The molecule has 2 N–H and O–H groups in total. The van der Waals surface area contributed by atoms with Crippen LogP contribution in [0.5, 0.6) is 23.0 Å². The van der Waals surface area contributed by atoms with Crippen molar-refractivity contribution in [3.8, 4) is 23.0 Å². The van der Waals surface area contributed by atoms with E-state index in [0.29, 0.717) is 48.7 Å². The number of methoxy groups -OCH3 is 2. The van der Waals surface area contributed by atoms with Crippen LogP contribution in [0.2, 0.25) is 0 Å². The highest BCUT2D eigenvalue weighted by Crippen LogP contribution is 2.42. The average Bonchev–Trinajstić information content (AvgIpc) is 3.75. The summed E-state index contributed by atoms with van der Waals surface area (Å²) in [5.74, 6) is 0.946. The third-order valence-electron chi connectivity index (χ3n) is 9.39. The zero-order valence-electron chi connectivity index (χ0n) is 26.6. The van der Waals surface area contributed by atoms with Crippen molar-refractivity contribution in [1.82, 2.24) is 9.80 Å².